The fourth-order valence-corrected chi connectivity index (χ4v) is 7.23. The van der Waals surface area contributed by atoms with E-state index >= 15 is 0 Å². The number of aromatic hydroxyl groups is 2. The largest absolute Gasteiger partial charge is 0.504 e. The van der Waals surface area contributed by atoms with E-state index in [1.165, 1.54) is 86.5 Å². The Balaban J connectivity index is 2.33. The van der Waals surface area contributed by atoms with Crippen LogP contribution < -0.4 is 9.47 Å². The van der Waals surface area contributed by atoms with Gasteiger partial charge in [0, 0.05) is 22.3 Å². The van der Waals surface area contributed by atoms with E-state index in [0.29, 0.717) is 35.5 Å². The molecule has 1 heterocycles. The molecule has 0 radical (unpaired) electrons. The van der Waals surface area contributed by atoms with Gasteiger partial charge in [0.25, 0.3) is 0 Å². The summed E-state index contributed by atoms with van der Waals surface area (Å²) < 4.78 is 14.3. The number of phenolic OH excluding ortho intramolecular Hbond substituents is 2. The van der Waals surface area contributed by atoms with E-state index in [-0.39, 0.29) is 11.5 Å². The van der Waals surface area contributed by atoms with Gasteiger partial charge in [0.2, 0.25) is 0 Å². The summed E-state index contributed by atoms with van der Waals surface area (Å²) in [5, 5.41) is 22.9. The van der Waals surface area contributed by atoms with Crippen molar-refractivity contribution in [3.8, 4) is 34.5 Å². The first-order chi connectivity index (χ1) is 22.5. The smallest absolute Gasteiger partial charge is 0.177 e. The van der Waals surface area contributed by atoms with E-state index in [1.54, 1.807) is 0 Å². The van der Waals surface area contributed by atoms with Gasteiger partial charge in [-0.1, -0.05) is 119 Å². The lowest BCUT2D eigenvalue weighted by molar-refractivity contribution is 0.328. The molecule has 46 heavy (non-hydrogen) atoms. The zero-order chi connectivity index (χ0) is 33.3. The molecular weight excluding hydrogens is 568 g/mol. The number of ether oxygens (including phenoxy) is 2. The van der Waals surface area contributed by atoms with E-state index in [4.69, 9.17) is 9.47 Å². The van der Waals surface area contributed by atoms with Crippen LogP contribution in [0, 0.1) is 0 Å². The first-order valence-electron chi connectivity index (χ1n) is 19.6. The van der Waals surface area contributed by atoms with Crippen LogP contribution in [0.1, 0.15) is 190 Å². The summed E-state index contributed by atoms with van der Waals surface area (Å²) in [7, 11) is 0. The molecule has 4 nitrogen and oxygen atoms in total. The fourth-order valence-electron chi connectivity index (χ4n) is 7.23. The minimum absolute atomic E-state index is 0.0107. The van der Waals surface area contributed by atoms with E-state index in [2.05, 4.69) is 41.5 Å². The SMILES string of the molecule is CCCCCc1c(CCCCC)c(CCCCC)c2c(c1CCCCC)Oc1c(CCCCC)c(O)c(O)c(CCCCC)c1O2. The predicted molar refractivity (Wildman–Crippen MR) is 196 cm³/mol. The maximum Gasteiger partial charge on any atom is 0.177 e. The van der Waals surface area contributed by atoms with Gasteiger partial charge in [-0.25, -0.2) is 0 Å². The molecule has 0 unspecified atom stereocenters. The lowest BCUT2D eigenvalue weighted by atomic mass is 9.84. The number of rotatable bonds is 24. The molecule has 1 aliphatic rings. The van der Waals surface area contributed by atoms with E-state index < -0.39 is 0 Å². The second kappa shape index (κ2) is 20.8. The fraction of sp³-hybridized carbons (Fsp3) is 0.714. The van der Waals surface area contributed by atoms with Gasteiger partial charge in [0.05, 0.1) is 0 Å². The van der Waals surface area contributed by atoms with Gasteiger partial charge >= 0.3 is 0 Å². The van der Waals surface area contributed by atoms with Gasteiger partial charge in [-0.05, 0) is 88.2 Å². The lowest BCUT2D eigenvalue weighted by Gasteiger charge is -2.32. The number of hydrogen-bond donors (Lipinski definition) is 2. The van der Waals surface area contributed by atoms with Crippen LogP contribution in [0.25, 0.3) is 0 Å². The lowest BCUT2D eigenvalue weighted by Crippen LogP contribution is -2.15. The molecule has 0 atom stereocenters. The van der Waals surface area contributed by atoms with Crippen molar-refractivity contribution in [3.63, 3.8) is 0 Å². The van der Waals surface area contributed by atoms with E-state index in [9.17, 15) is 10.2 Å². The van der Waals surface area contributed by atoms with Crippen molar-refractivity contribution >= 4 is 0 Å². The Morgan fingerprint density at radius 2 is 0.522 bits per heavy atom. The number of phenols is 2. The molecule has 0 amide bonds. The summed E-state index contributed by atoms with van der Waals surface area (Å²) in [4.78, 5) is 0. The maximum atomic E-state index is 11.5. The zero-order valence-electron chi connectivity index (χ0n) is 30.7. The summed E-state index contributed by atoms with van der Waals surface area (Å²) in [5.41, 5.74) is 7.15. The maximum absolute atomic E-state index is 11.5. The van der Waals surface area contributed by atoms with Gasteiger partial charge in [0.15, 0.2) is 34.5 Å². The van der Waals surface area contributed by atoms with Crippen molar-refractivity contribution in [2.75, 3.05) is 0 Å². The molecule has 4 heteroatoms. The number of fused-ring (bicyclic) bond motifs is 2. The molecule has 0 spiro atoms. The summed E-state index contributed by atoms with van der Waals surface area (Å²) in [6.45, 7) is 13.5. The molecule has 3 rings (SSSR count). The van der Waals surface area contributed by atoms with Crippen LogP contribution in [-0.2, 0) is 38.5 Å². The third-order valence-electron chi connectivity index (χ3n) is 9.99. The van der Waals surface area contributed by atoms with Gasteiger partial charge in [-0.15, -0.1) is 0 Å². The van der Waals surface area contributed by atoms with Crippen LogP contribution >= 0.6 is 0 Å². The first-order valence-corrected chi connectivity index (χ1v) is 19.6. The van der Waals surface area contributed by atoms with Crippen LogP contribution in [0.4, 0.5) is 0 Å². The van der Waals surface area contributed by atoms with Gasteiger partial charge in [-0.3, -0.25) is 0 Å². The third-order valence-corrected chi connectivity index (χ3v) is 9.99. The highest BCUT2D eigenvalue weighted by Gasteiger charge is 2.35. The van der Waals surface area contributed by atoms with Crippen LogP contribution in [0.5, 0.6) is 34.5 Å². The number of unbranched alkanes of at least 4 members (excludes halogenated alkanes) is 12. The normalized spacial score (nSPS) is 12.1. The summed E-state index contributed by atoms with van der Waals surface area (Å²) >= 11 is 0. The van der Waals surface area contributed by atoms with Crippen LogP contribution in [-0.4, -0.2) is 10.2 Å². The Morgan fingerprint density at radius 1 is 0.304 bits per heavy atom. The quantitative estimate of drug-likeness (QED) is 0.0758. The van der Waals surface area contributed by atoms with Crippen molar-refractivity contribution in [1.82, 2.24) is 0 Å². The Hall–Kier alpha value is -2.36. The molecule has 0 bridgehead atoms. The minimum Gasteiger partial charge on any atom is -0.504 e. The molecule has 2 N–H and O–H groups in total. The van der Waals surface area contributed by atoms with Gasteiger partial charge in [0.1, 0.15) is 0 Å². The van der Waals surface area contributed by atoms with Crippen molar-refractivity contribution in [1.29, 1.82) is 0 Å². The topological polar surface area (TPSA) is 58.9 Å². The van der Waals surface area contributed by atoms with Crippen molar-refractivity contribution in [2.24, 2.45) is 0 Å². The van der Waals surface area contributed by atoms with Crippen molar-refractivity contribution in [3.05, 3.63) is 33.4 Å². The Kier molecular flexibility index (Phi) is 17.2. The Labute approximate surface area is 282 Å². The van der Waals surface area contributed by atoms with Crippen LogP contribution in [0.15, 0.2) is 0 Å². The average Bonchev–Trinajstić information content (AvgIpc) is 3.06. The number of benzene rings is 2. The van der Waals surface area contributed by atoms with Gasteiger partial charge in [-0.2, -0.15) is 0 Å². The standard InChI is InChI=1S/C42H68O4/c1-7-13-19-25-31-32(26-20-14-8-2)34(28-22-16-10-4)40-39(33(31)27-21-15-9-3)45-41-35(29-23-17-11-5)37(43)38(44)36(42(41)46-40)30-24-18-12-6/h43-44H,7-30H2,1-6H3. The van der Waals surface area contributed by atoms with Crippen molar-refractivity contribution < 1.29 is 19.7 Å². The molecular formula is C42H68O4. The monoisotopic (exact) mass is 637 g/mol. The van der Waals surface area contributed by atoms with E-state index in [0.717, 1.165) is 88.5 Å². The second-order valence-electron chi connectivity index (χ2n) is 13.8. The van der Waals surface area contributed by atoms with Crippen molar-refractivity contribution in [2.45, 2.75) is 196 Å². The molecule has 1 aliphatic heterocycles. The molecule has 0 saturated heterocycles. The number of hydrogen-bond acceptors (Lipinski definition) is 4. The summed E-state index contributed by atoms with van der Waals surface area (Å²) in [6.07, 6.45) is 26.0. The highest BCUT2D eigenvalue weighted by molar-refractivity contribution is 5.72. The molecule has 0 fully saturated rings. The summed E-state index contributed by atoms with van der Waals surface area (Å²) in [6, 6.07) is 0. The van der Waals surface area contributed by atoms with Crippen LogP contribution in [0.2, 0.25) is 0 Å². The van der Waals surface area contributed by atoms with Crippen LogP contribution in [0.3, 0.4) is 0 Å². The highest BCUT2D eigenvalue weighted by atomic mass is 16.6. The molecule has 2 aromatic carbocycles. The first kappa shape index (κ1) is 38.1. The molecule has 0 aromatic heterocycles. The Bertz CT molecular complexity index is 1110. The zero-order valence-corrected chi connectivity index (χ0v) is 30.7. The minimum atomic E-state index is -0.0107. The predicted octanol–water partition coefficient (Wildman–Crippen LogP) is 13.4. The molecule has 260 valence electrons. The summed E-state index contributed by atoms with van der Waals surface area (Å²) in [5.74, 6) is 3.09. The average molecular weight is 637 g/mol. The molecule has 2 aromatic rings. The molecule has 0 aliphatic carbocycles. The third kappa shape index (κ3) is 9.83. The second-order valence-corrected chi connectivity index (χ2v) is 13.8. The van der Waals surface area contributed by atoms with Gasteiger partial charge < -0.3 is 19.7 Å². The Morgan fingerprint density at radius 3 is 0.783 bits per heavy atom. The van der Waals surface area contributed by atoms with E-state index in [1.807, 2.05) is 0 Å². The highest BCUT2D eigenvalue weighted by Crippen LogP contribution is 2.58. The molecule has 0 saturated carbocycles.